The summed E-state index contributed by atoms with van der Waals surface area (Å²) in [6, 6.07) is 7.45. The highest BCUT2D eigenvalue weighted by Crippen LogP contribution is 2.23. The van der Waals surface area contributed by atoms with Crippen LogP contribution in [0.4, 0.5) is 0 Å². The van der Waals surface area contributed by atoms with E-state index in [1.807, 2.05) is 45.0 Å². The fraction of sp³-hybridized carbons (Fsp3) is 0.350. The van der Waals surface area contributed by atoms with Crippen LogP contribution in [0.1, 0.15) is 46.0 Å². The van der Waals surface area contributed by atoms with Crippen molar-refractivity contribution < 1.29 is 14.6 Å². The quantitative estimate of drug-likeness (QED) is 0.805. The van der Waals surface area contributed by atoms with E-state index < -0.39 is 17.2 Å². The maximum atomic E-state index is 12.7. The van der Waals surface area contributed by atoms with Crippen molar-refractivity contribution in [2.24, 2.45) is 0 Å². The van der Waals surface area contributed by atoms with E-state index in [9.17, 15) is 20.0 Å². The Labute approximate surface area is 152 Å². The van der Waals surface area contributed by atoms with Crippen LogP contribution in [-0.4, -0.2) is 22.1 Å². The third-order valence-corrected chi connectivity index (χ3v) is 4.09. The molecule has 0 aliphatic carbocycles. The Kier molecular flexibility index (Phi) is 5.83. The van der Waals surface area contributed by atoms with E-state index in [4.69, 9.17) is 4.74 Å². The summed E-state index contributed by atoms with van der Waals surface area (Å²) < 4.78 is 6.63. The van der Waals surface area contributed by atoms with Crippen molar-refractivity contribution in [2.75, 3.05) is 6.61 Å². The van der Waals surface area contributed by atoms with Gasteiger partial charge in [-0.25, -0.2) is 0 Å². The normalized spacial score (nSPS) is 10.4. The number of aryl methyl sites for hydroxylation is 2. The first-order valence-electron chi connectivity index (χ1n) is 8.40. The highest BCUT2D eigenvalue weighted by Gasteiger charge is 2.24. The SMILES string of the molecule is CCCn1c(O)c(C(=O)COc2cc(C)cc(C)c2)c(C)c(C#N)c1=O. The van der Waals surface area contributed by atoms with Gasteiger partial charge in [0.15, 0.2) is 6.61 Å². The van der Waals surface area contributed by atoms with Gasteiger partial charge in [-0.15, -0.1) is 0 Å². The second-order valence-electron chi connectivity index (χ2n) is 6.30. The molecule has 1 aromatic heterocycles. The molecule has 1 N–H and O–H groups in total. The molecule has 0 aliphatic heterocycles. The van der Waals surface area contributed by atoms with E-state index in [-0.39, 0.29) is 29.8 Å². The van der Waals surface area contributed by atoms with Gasteiger partial charge in [0.05, 0.1) is 5.56 Å². The van der Waals surface area contributed by atoms with E-state index in [1.54, 1.807) is 0 Å². The number of pyridine rings is 1. The lowest BCUT2D eigenvalue weighted by Gasteiger charge is -2.15. The van der Waals surface area contributed by atoms with Gasteiger partial charge in [-0.2, -0.15) is 5.26 Å². The molecule has 136 valence electrons. The van der Waals surface area contributed by atoms with Crippen molar-refractivity contribution in [3.8, 4) is 17.7 Å². The summed E-state index contributed by atoms with van der Waals surface area (Å²) in [5, 5.41) is 19.7. The zero-order valence-electron chi connectivity index (χ0n) is 15.4. The standard InChI is InChI=1S/C20H22N2O4/c1-5-6-22-19(24)16(10-21)14(4)18(20(22)25)17(23)11-26-15-8-12(2)7-13(3)9-15/h7-9,25H,5-6,11H2,1-4H3. The minimum atomic E-state index is -0.587. The predicted octanol–water partition coefficient (Wildman–Crippen LogP) is 3.02. The van der Waals surface area contributed by atoms with Crippen LogP contribution in [0.25, 0.3) is 0 Å². The third-order valence-electron chi connectivity index (χ3n) is 4.09. The van der Waals surface area contributed by atoms with E-state index in [1.165, 1.54) is 6.92 Å². The lowest BCUT2D eigenvalue weighted by molar-refractivity contribution is 0.0916. The molecule has 0 amide bonds. The summed E-state index contributed by atoms with van der Waals surface area (Å²) in [4.78, 5) is 25.0. The van der Waals surface area contributed by atoms with E-state index in [2.05, 4.69) is 0 Å². The van der Waals surface area contributed by atoms with Gasteiger partial charge in [0.1, 0.15) is 17.4 Å². The Bertz CT molecular complexity index is 931. The molecule has 6 heteroatoms. The number of aromatic hydroxyl groups is 1. The topological polar surface area (TPSA) is 92.3 Å². The van der Waals surface area contributed by atoms with Gasteiger partial charge in [-0.1, -0.05) is 13.0 Å². The average Bonchev–Trinajstić information content (AvgIpc) is 2.56. The summed E-state index contributed by atoms with van der Waals surface area (Å²) in [6.07, 6.45) is 0.577. The van der Waals surface area contributed by atoms with Crippen molar-refractivity contribution in [1.82, 2.24) is 4.57 Å². The highest BCUT2D eigenvalue weighted by atomic mass is 16.5. The second-order valence-corrected chi connectivity index (χ2v) is 6.30. The van der Waals surface area contributed by atoms with Gasteiger partial charge in [0.2, 0.25) is 11.7 Å². The fourth-order valence-electron chi connectivity index (χ4n) is 2.95. The Morgan fingerprint density at radius 3 is 2.38 bits per heavy atom. The molecule has 2 aromatic rings. The third kappa shape index (κ3) is 3.77. The van der Waals surface area contributed by atoms with Gasteiger partial charge >= 0.3 is 0 Å². The number of nitrogens with zero attached hydrogens (tertiary/aromatic N) is 2. The van der Waals surface area contributed by atoms with Crippen molar-refractivity contribution in [1.29, 1.82) is 5.26 Å². The molecule has 0 fully saturated rings. The molecule has 0 spiro atoms. The van der Waals surface area contributed by atoms with Crippen LogP contribution in [0.2, 0.25) is 0 Å². The number of ether oxygens (including phenoxy) is 1. The molecule has 1 heterocycles. The number of aromatic nitrogens is 1. The molecule has 2 rings (SSSR count). The Balaban J connectivity index is 2.40. The number of nitriles is 1. The maximum Gasteiger partial charge on any atom is 0.271 e. The molecule has 0 bridgehead atoms. The summed E-state index contributed by atoms with van der Waals surface area (Å²) in [6.45, 7) is 7.10. The molecule has 26 heavy (non-hydrogen) atoms. The predicted molar refractivity (Wildman–Crippen MR) is 97.9 cm³/mol. The van der Waals surface area contributed by atoms with Gasteiger partial charge in [-0.3, -0.25) is 14.2 Å². The average molecular weight is 354 g/mol. The first kappa shape index (κ1) is 19.3. The van der Waals surface area contributed by atoms with Crippen molar-refractivity contribution >= 4 is 5.78 Å². The van der Waals surface area contributed by atoms with Crippen LogP contribution in [0.15, 0.2) is 23.0 Å². The molecule has 0 radical (unpaired) electrons. The van der Waals surface area contributed by atoms with Crippen molar-refractivity contribution in [3.05, 3.63) is 56.4 Å². The first-order chi connectivity index (χ1) is 12.3. The van der Waals surface area contributed by atoms with Gasteiger partial charge in [0, 0.05) is 6.54 Å². The second kappa shape index (κ2) is 7.87. The monoisotopic (exact) mass is 354 g/mol. The zero-order valence-corrected chi connectivity index (χ0v) is 15.4. The smallest absolute Gasteiger partial charge is 0.271 e. The van der Waals surface area contributed by atoms with Crippen LogP contribution in [0, 0.1) is 32.1 Å². The molecule has 1 aromatic carbocycles. The molecular formula is C20H22N2O4. The fourth-order valence-corrected chi connectivity index (χ4v) is 2.95. The number of hydrogen-bond acceptors (Lipinski definition) is 5. The Morgan fingerprint density at radius 1 is 1.23 bits per heavy atom. The number of ketones is 1. The number of benzene rings is 1. The molecule has 0 atom stereocenters. The van der Waals surface area contributed by atoms with E-state index >= 15 is 0 Å². The molecule has 0 aliphatic rings. The number of Topliss-reactive ketones (excluding diaryl/α,β-unsaturated/α-hetero) is 1. The number of hydrogen-bond donors (Lipinski definition) is 1. The summed E-state index contributed by atoms with van der Waals surface area (Å²) in [5.74, 6) is -0.349. The first-order valence-corrected chi connectivity index (χ1v) is 8.40. The lowest BCUT2D eigenvalue weighted by Crippen LogP contribution is -2.27. The van der Waals surface area contributed by atoms with Crippen molar-refractivity contribution in [3.63, 3.8) is 0 Å². The van der Waals surface area contributed by atoms with Gasteiger partial charge < -0.3 is 9.84 Å². The Hall–Kier alpha value is -3.07. The summed E-state index contributed by atoms with van der Waals surface area (Å²) >= 11 is 0. The van der Waals surface area contributed by atoms with Crippen LogP contribution >= 0.6 is 0 Å². The van der Waals surface area contributed by atoms with Crippen molar-refractivity contribution in [2.45, 2.75) is 40.7 Å². The van der Waals surface area contributed by atoms with E-state index in [0.717, 1.165) is 15.7 Å². The summed E-state index contributed by atoms with van der Waals surface area (Å²) in [7, 11) is 0. The molecule has 0 saturated heterocycles. The molecule has 0 saturated carbocycles. The molecule has 6 nitrogen and oxygen atoms in total. The van der Waals surface area contributed by atoms with Crippen LogP contribution in [-0.2, 0) is 6.54 Å². The lowest BCUT2D eigenvalue weighted by atomic mass is 10.0. The van der Waals surface area contributed by atoms with Gasteiger partial charge in [0.25, 0.3) is 5.56 Å². The minimum absolute atomic E-state index is 0.0426. The molecular weight excluding hydrogens is 332 g/mol. The number of carbonyl (C=O) groups is 1. The molecule has 0 unspecified atom stereocenters. The number of carbonyl (C=O) groups excluding carboxylic acids is 1. The maximum absolute atomic E-state index is 12.7. The largest absolute Gasteiger partial charge is 0.494 e. The minimum Gasteiger partial charge on any atom is -0.494 e. The van der Waals surface area contributed by atoms with E-state index in [0.29, 0.717) is 12.2 Å². The van der Waals surface area contributed by atoms with Crippen LogP contribution < -0.4 is 10.3 Å². The van der Waals surface area contributed by atoms with Crippen LogP contribution in [0.3, 0.4) is 0 Å². The highest BCUT2D eigenvalue weighted by molar-refractivity contribution is 6.01. The van der Waals surface area contributed by atoms with Crippen LogP contribution in [0.5, 0.6) is 11.6 Å². The van der Waals surface area contributed by atoms with Gasteiger partial charge in [-0.05, 0) is 56.0 Å². The zero-order chi connectivity index (χ0) is 19.4. The number of rotatable bonds is 6. The Morgan fingerprint density at radius 2 is 1.85 bits per heavy atom. The summed E-state index contributed by atoms with van der Waals surface area (Å²) in [5.41, 5.74) is 1.43.